The lowest BCUT2D eigenvalue weighted by atomic mass is 9.73. The van der Waals surface area contributed by atoms with E-state index >= 15 is 0 Å². The Bertz CT molecular complexity index is 980. The number of rotatable bonds is 6. The van der Waals surface area contributed by atoms with Crippen molar-refractivity contribution in [3.05, 3.63) is 82.7 Å². The second kappa shape index (κ2) is 7.48. The van der Waals surface area contributed by atoms with Gasteiger partial charge in [-0.1, -0.05) is 42.5 Å². The minimum atomic E-state index is -2.19. The Morgan fingerprint density at radius 3 is 2.18 bits per heavy atom. The van der Waals surface area contributed by atoms with E-state index < -0.39 is 17.5 Å². The summed E-state index contributed by atoms with van der Waals surface area (Å²) in [5.41, 5.74) is 0.974. The maximum Gasteiger partial charge on any atom is 0.341 e. The number of ether oxygens (including phenoxy) is 1. The number of carbonyl (C=O) groups is 1. The van der Waals surface area contributed by atoms with Crippen LogP contribution in [0, 0.1) is 13.8 Å². The molecule has 146 valence electrons. The first-order valence-corrected chi connectivity index (χ1v) is 8.96. The topological polar surface area (TPSA) is 84.6 Å². The fourth-order valence-corrected chi connectivity index (χ4v) is 3.73. The van der Waals surface area contributed by atoms with Crippen LogP contribution in [0.15, 0.2) is 54.6 Å². The van der Waals surface area contributed by atoms with Gasteiger partial charge in [-0.15, -0.1) is 0 Å². The zero-order valence-corrected chi connectivity index (χ0v) is 16.4. The smallest absolute Gasteiger partial charge is 0.341 e. The van der Waals surface area contributed by atoms with E-state index in [-0.39, 0.29) is 5.56 Å². The molecule has 0 amide bonds. The minimum absolute atomic E-state index is 0.275. The van der Waals surface area contributed by atoms with Crippen LogP contribution in [0.4, 0.5) is 0 Å². The molecule has 0 radical (unpaired) electrons. The summed E-state index contributed by atoms with van der Waals surface area (Å²) in [5, 5.41) is 26.3. The summed E-state index contributed by atoms with van der Waals surface area (Å²) < 4.78 is 6.88. The molecule has 0 aliphatic carbocycles. The van der Waals surface area contributed by atoms with Gasteiger partial charge in [0, 0.05) is 18.3 Å². The summed E-state index contributed by atoms with van der Waals surface area (Å²) in [7, 11) is 3.34. The van der Waals surface area contributed by atoms with Gasteiger partial charge in [0.15, 0.2) is 5.60 Å². The number of benzene rings is 2. The number of nitrogens with zero attached hydrogens (tertiary/aromatic N) is 2. The Balaban J connectivity index is 2.31. The molecule has 0 fully saturated rings. The highest BCUT2D eigenvalue weighted by Crippen LogP contribution is 2.44. The van der Waals surface area contributed by atoms with Crippen molar-refractivity contribution < 1.29 is 19.7 Å². The summed E-state index contributed by atoms with van der Waals surface area (Å²) in [4.78, 5) is 12.5. The largest absolute Gasteiger partial charge is 0.497 e. The summed E-state index contributed by atoms with van der Waals surface area (Å²) >= 11 is 0. The molecule has 6 nitrogen and oxygen atoms in total. The van der Waals surface area contributed by atoms with Gasteiger partial charge in [0.05, 0.1) is 18.7 Å². The van der Waals surface area contributed by atoms with Crippen LogP contribution < -0.4 is 4.74 Å². The Kier molecular flexibility index (Phi) is 5.25. The first kappa shape index (κ1) is 19.6. The fourth-order valence-electron chi connectivity index (χ4n) is 3.73. The lowest BCUT2D eigenvalue weighted by Gasteiger charge is -2.34. The number of carboxylic acids is 1. The molecule has 28 heavy (non-hydrogen) atoms. The Hall–Kier alpha value is -3.12. The molecule has 2 atom stereocenters. The van der Waals surface area contributed by atoms with Crippen molar-refractivity contribution in [3.63, 3.8) is 0 Å². The van der Waals surface area contributed by atoms with E-state index in [2.05, 4.69) is 5.10 Å². The molecule has 0 saturated carbocycles. The third-order valence-electron chi connectivity index (χ3n) is 5.26. The van der Waals surface area contributed by atoms with Gasteiger partial charge in [0.25, 0.3) is 0 Å². The summed E-state index contributed by atoms with van der Waals surface area (Å²) in [6.45, 7) is 3.70. The van der Waals surface area contributed by atoms with Crippen molar-refractivity contribution in [2.24, 2.45) is 7.05 Å². The van der Waals surface area contributed by atoms with Gasteiger partial charge in [-0.2, -0.15) is 5.10 Å². The van der Waals surface area contributed by atoms with Crippen LogP contribution >= 0.6 is 0 Å². The summed E-state index contributed by atoms with van der Waals surface area (Å²) in [6, 6.07) is 15.6. The number of carboxylic acid groups (broad SMARTS) is 1. The van der Waals surface area contributed by atoms with E-state index in [0.29, 0.717) is 22.6 Å². The van der Waals surface area contributed by atoms with E-state index in [1.165, 1.54) is 7.11 Å². The van der Waals surface area contributed by atoms with Crippen molar-refractivity contribution in [2.75, 3.05) is 7.11 Å². The molecule has 2 aromatic carbocycles. The number of aryl methyl sites for hydroxylation is 2. The van der Waals surface area contributed by atoms with E-state index in [0.717, 1.165) is 5.69 Å². The number of hydrogen-bond acceptors (Lipinski definition) is 4. The van der Waals surface area contributed by atoms with E-state index in [1.807, 2.05) is 44.2 Å². The van der Waals surface area contributed by atoms with Gasteiger partial charge in [-0.05, 0) is 37.1 Å². The second-order valence-corrected chi connectivity index (χ2v) is 6.85. The number of methoxy groups -OCH3 is 1. The molecule has 0 bridgehead atoms. The summed E-state index contributed by atoms with van der Waals surface area (Å²) in [5.74, 6) is -1.58. The highest BCUT2D eigenvalue weighted by atomic mass is 16.5. The molecule has 1 aromatic heterocycles. The zero-order chi connectivity index (χ0) is 20.5. The van der Waals surface area contributed by atoms with Gasteiger partial charge in [-0.25, -0.2) is 4.79 Å². The predicted molar refractivity (Wildman–Crippen MR) is 105 cm³/mol. The number of aliphatic carboxylic acids is 1. The normalized spacial score (nSPS) is 14.3. The van der Waals surface area contributed by atoms with Gasteiger partial charge < -0.3 is 14.9 Å². The van der Waals surface area contributed by atoms with Gasteiger partial charge in [0.1, 0.15) is 5.75 Å². The van der Waals surface area contributed by atoms with Crippen LogP contribution in [-0.4, -0.2) is 33.1 Å². The molecule has 0 saturated heterocycles. The molecule has 1 heterocycles. The fraction of sp³-hybridized carbons (Fsp3) is 0.273. The maximum absolute atomic E-state index is 12.5. The maximum atomic E-state index is 12.5. The standard InChI is InChI=1S/C22H24N2O4/c1-14-19(15(2)24(3)23-14)20(16-8-6-5-7-9-16)22(27,21(25)26)17-10-12-18(28-4)13-11-17/h5-13,20,27H,1-4H3,(H,25,26)/t20-,22-/m1/s1. The van der Waals surface area contributed by atoms with Gasteiger partial charge in [0.2, 0.25) is 0 Å². The quantitative estimate of drug-likeness (QED) is 0.686. The highest BCUT2D eigenvalue weighted by Gasteiger charge is 2.49. The monoisotopic (exact) mass is 380 g/mol. The number of hydrogen-bond donors (Lipinski definition) is 2. The van der Waals surface area contributed by atoms with Crippen LogP contribution in [0.5, 0.6) is 5.75 Å². The zero-order valence-electron chi connectivity index (χ0n) is 16.4. The average Bonchev–Trinajstić information content (AvgIpc) is 2.95. The van der Waals surface area contributed by atoms with Crippen LogP contribution in [0.2, 0.25) is 0 Å². The van der Waals surface area contributed by atoms with Crippen molar-refractivity contribution in [1.29, 1.82) is 0 Å². The first-order chi connectivity index (χ1) is 13.3. The van der Waals surface area contributed by atoms with Crippen LogP contribution in [-0.2, 0) is 17.4 Å². The SMILES string of the molecule is COc1ccc([C@](O)(C(=O)O)[C@H](c2ccccc2)c2c(C)nn(C)c2C)cc1. The molecule has 0 aliphatic heterocycles. The van der Waals surface area contributed by atoms with E-state index in [9.17, 15) is 15.0 Å². The van der Waals surface area contributed by atoms with Crippen LogP contribution in [0.1, 0.15) is 34.0 Å². The first-order valence-electron chi connectivity index (χ1n) is 8.96. The molecule has 2 N–H and O–H groups in total. The predicted octanol–water partition coefficient (Wildman–Crippen LogP) is 3.15. The summed E-state index contributed by atoms with van der Waals surface area (Å²) in [6.07, 6.45) is 0. The second-order valence-electron chi connectivity index (χ2n) is 6.85. The molecular formula is C22H24N2O4. The molecule has 3 rings (SSSR count). The lowest BCUT2D eigenvalue weighted by molar-refractivity contribution is -0.161. The average molecular weight is 380 g/mol. The van der Waals surface area contributed by atoms with Crippen molar-refractivity contribution in [2.45, 2.75) is 25.4 Å². The van der Waals surface area contributed by atoms with Crippen molar-refractivity contribution >= 4 is 5.97 Å². The lowest BCUT2D eigenvalue weighted by Crippen LogP contribution is -2.42. The van der Waals surface area contributed by atoms with Crippen LogP contribution in [0.25, 0.3) is 0 Å². The Morgan fingerprint density at radius 2 is 1.71 bits per heavy atom. The van der Waals surface area contributed by atoms with Crippen LogP contribution in [0.3, 0.4) is 0 Å². The van der Waals surface area contributed by atoms with Crippen molar-refractivity contribution in [3.8, 4) is 5.75 Å². The van der Waals surface area contributed by atoms with Gasteiger partial charge in [-0.3, -0.25) is 4.68 Å². The molecule has 3 aromatic rings. The van der Waals surface area contributed by atoms with E-state index in [1.54, 1.807) is 36.0 Å². The molecule has 0 unspecified atom stereocenters. The molecular weight excluding hydrogens is 356 g/mol. The number of aromatic nitrogens is 2. The van der Waals surface area contributed by atoms with Crippen molar-refractivity contribution in [1.82, 2.24) is 9.78 Å². The third kappa shape index (κ3) is 3.16. The van der Waals surface area contributed by atoms with Gasteiger partial charge >= 0.3 is 5.97 Å². The Morgan fingerprint density at radius 1 is 1.11 bits per heavy atom. The Labute approximate surface area is 164 Å². The minimum Gasteiger partial charge on any atom is -0.497 e. The molecule has 6 heteroatoms. The third-order valence-corrected chi connectivity index (χ3v) is 5.26. The molecule has 0 aliphatic rings. The molecule has 0 spiro atoms. The highest BCUT2D eigenvalue weighted by molar-refractivity contribution is 5.82. The van der Waals surface area contributed by atoms with E-state index in [4.69, 9.17) is 4.74 Å². The number of aliphatic hydroxyl groups is 1.